The van der Waals surface area contributed by atoms with Crippen molar-refractivity contribution in [3.63, 3.8) is 0 Å². The molecule has 0 saturated heterocycles. The van der Waals surface area contributed by atoms with Gasteiger partial charge in [-0.2, -0.15) is 5.10 Å². The third-order valence-corrected chi connectivity index (χ3v) is 4.09. The maximum Gasteiger partial charge on any atom is 0.353 e. The summed E-state index contributed by atoms with van der Waals surface area (Å²) in [7, 11) is 0. The van der Waals surface area contributed by atoms with E-state index in [-0.39, 0.29) is 5.69 Å². The van der Waals surface area contributed by atoms with Crippen LogP contribution >= 0.6 is 0 Å². The van der Waals surface area contributed by atoms with Gasteiger partial charge in [0, 0.05) is 5.56 Å². The number of aromatic carboxylic acids is 1. The Morgan fingerprint density at radius 1 is 1.20 bits per heavy atom. The Hall–Kier alpha value is -2.10. The van der Waals surface area contributed by atoms with E-state index in [4.69, 9.17) is 5.11 Å². The number of aromatic amines is 1. The van der Waals surface area contributed by atoms with E-state index in [9.17, 15) is 4.79 Å². The maximum atomic E-state index is 11.0. The number of carboxylic acids is 1. The van der Waals surface area contributed by atoms with Crippen molar-refractivity contribution in [2.45, 2.75) is 38.0 Å². The van der Waals surface area contributed by atoms with Gasteiger partial charge in [0.05, 0.1) is 5.69 Å². The molecule has 0 spiro atoms. The third kappa shape index (κ3) is 2.46. The minimum absolute atomic E-state index is 0.137. The highest BCUT2D eigenvalue weighted by Crippen LogP contribution is 2.37. The van der Waals surface area contributed by atoms with Gasteiger partial charge in [-0.3, -0.25) is 5.10 Å². The second-order valence-electron chi connectivity index (χ2n) is 5.39. The van der Waals surface area contributed by atoms with E-state index in [1.807, 2.05) is 12.1 Å². The van der Waals surface area contributed by atoms with Crippen molar-refractivity contribution in [3.8, 4) is 11.3 Å². The Bertz CT molecular complexity index is 612. The monoisotopic (exact) mass is 270 g/mol. The Kier molecular flexibility index (Phi) is 3.54. The van der Waals surface area contributed by atoms with Crippen LogP contribution in [0.25, 0.3) is 11.3 Å². The number of benzene rings is 1. The number of rotatable bonds is 3. The van der Waals surface area contributed by atoms with Gasteiger partial charge in [-0.15, -0.1) is 0 Å². The average Bonchev–Trinajstić information content (AvgIpc) is 2.98. The topological polar surface area (TPSA) is 66.0 Å². The van der Waals surface area contributed by atoms with Crippen LogP contribution in [0.1, 0.15) is 54.1 Å². The van der Waals surface area contributed by atoms with Gasteiger partial charge >= 0.3 is 5.97 Å². The van der Waals surface area contributed by atoms with Gasteiger partial charge in [-0.1, -0.05) is 43.5 Å². The molecule has 4 heteroatoms. The summed E-state index contributed by atoms with van der Waals surface area (Å²) in [5.74, 6) is -0.399. The third-order valence-electron chi connectivity index (χ3n) is 4.09. The maximum absolute atomic E-state index is 11.0. The van der Waals surface area contributed by atoms with Crippen LogP contribution in [-0.2, 0) is 0 Å². The van der Waals surface area contributed by atoms with Crippen LogP contribution in [0.4, 0.5) is 0 Å². The first-order valence-electron chi connectivity index (χ1n) is 7.13. The number of hydrogen-bond donors (Lipinski definition) is 2. The molecule has 0 amide bonds. The SMILES string of the molecule is O=C(O)c1cc(-c2ccccc2C2CCCCC2)n[nH]1. The standard InChI is InChI=1S/C16H18N2O2/c19-16(20)15-10-14(17-18-15)13-9-5-4-8-12(13)11-6-2-1-3-7-11/h4-5,8-11H,1-3,6-7H2,(H,17,18)(H,19,20). The molecule has 1 aliphatic rings. The number of H-pyrrole nitrogens is 1. The number of nitrogens with zero attached hydrogens (tertiary/aromatic N) is 1. The quantitative estimate of drug-likeness (QED) is 0.891. The van der Waals surface area contributed by atoms with Crippen molar-refractivity contribution in [2.75, 3.05) is 0 Å². The van der Waals surface area contributed by atoms with E-state index in [0.29, 0.717) is 5.92 Å². The number of hydrogen-bond acceptors (Lipinski definition) is 2. The largest absolute Gasteiger partial charge is 0.477 e. The fraction of sp³-hybridized carbons (Fsp3) is 0.375. The molecule has 1 aromatic heterocycles. The highest BCUT2D eigenvalue weighted by molar-refractivity contribution is 5.87. The lowest BCUT2D eigenvalue weighted by atomic mass is 9.81. The Morgan fingerprint density at radius 2 is 1.95 bits per heavy atom. The predicted octanol–water partition coefficient (Wildman–Crippen LogP) is 3.82. The summed E-state index contributed by atoms with van der Waals surface area (Å²) in [5.41, 5.74) is 3.22. The summed E-state index contributed by atoms with van der Waals surface area (Å²) in [4.78, 5) is 11.0. The smallest absolute Gasteiger partial charge is 0.353 e. The second-order valence-corrected chi connectivity index (χ2v) is 5.39. The summed E-state index contributed by atoms with van der Waals surface area (Å²) in [6.45, 7) is 0. The van der Waals surface area contributed by atoms with E-state index >= 15 is 0 Å². The number of carbonyl (C=O) groups is 1. The lowest BCUT2D eigenvalue weighted by molar-refractivity contribution is 0.0690. The fourth-order valence-corrected chi connectivity index (χ4v) is 3.07. The molecule has 1 heterocycles. The van der Waals surface area contributed by atoms with Gasteiger partial charge in [0.1, 0.15) is 5.69 Å². The molecular formula is C16H18N2O2. The van der Waals surface area contributed by atoms with E-state index in [1.165, 1.54) is 37.7 Å². The van der Waals surface area contributed by atoms with Crippen molar-refractivity contribution in [1.82, 2.24) is 10.2 Å². The molecule has 0 radical (unpaired) electrons. The van der Waals surface area contributed by atoms with Crippen molar-refractivity contribution >= 4 is 5.97 Å². The molecular weight excluding hydrogens is 252 g/mol. The Balaban J connectivity index is 1.97. The van der Waals surface area contributed by atoms with Crippen molar-refractivity contribution in [2.24, 2.45) is 0 Å². The fourth-order valence-electron chi connectivity index (χ4n) is 3.07. The van der Waals surface area contributed by atoms with E-state index < -0.39 is 5.97 Å². The average molecular weight is 270 g/mol. The zero-order chi connectivity index (χ0) is 13.9. The van der Waals surface area contributed by atoms with Crippen molar-refractivity contribution in [3.05, 3.63) is 41.6 Å². The van der Waals surface area contributed by atoms with Gasteiger partial charge in [-0.25, -0.2) is 4.79 Å². The zero-order valence-electron chi connectivity index (χ0n) is 11.3. The molecule has 2 N–H and O–H groups in total. The summed E-state index contributed by atoms with van der Waals surface area (Å²) in [6.07, 6.45) is 6.31. The van der Waals surface area contributed by atoms with E-state index in [0.717, 1.165) is 11.3 Å². The minimum Gasteiger partial charge on any atom is -0.477 e. The first kappa shape index (κ1) is 12.9. The first-order valence-corrected chi connectivity index (χ1v) is 7.13. The molecule has 104 valence electrons. The van der Waals surface area contributed by atoms with Crippen LogP contribution in [-0.4, -0.2) is 21.3 Å². The number of carboxylic acid groups (broad SMARTS) is 1. The summed E-state index contributed by atoms with van der Waals surface area (Å²) >= 11 is 0. The molecule has 1 saturated carbocycles. The zero-order valence-corrected chi connectivity index (χ0v) is 11.3. The van der Waals surface area contributed by atoms with Crippen LogP contribution in [0.2, 0.25) is 0 Å². The van der Waals surface area contributed by atoms with Gasteiger partial charge in [0.2, 0.25) is 0 Å². The molecule has 0 aliphatic heterocycles. The summed E-state index contributed by atoms with van der Waals surface area (Å²) in [6, 6.07) is 9.84. The lowest BCUT2D eigenvalue weighted by Gasteiger charge is -2.23. The van der Waals surface area contributed by atoms with E-state index in [1.54, 1.807) is 6.07 Å². The molecule has 0 unspecified atom stereocenters. The highest BCUT2D eigenvalue weighted by atomic mass is 16.4. The molecule has 1 aromatic carbocycles. The molecule has 2 aromatic rings. The molecule has 1 aliphatic carbocycles. The lowest BCUT2D eigenvalue weighted by Crippen LogP contribution is -2.06. The van der Waals surface area contributed by atoms with Gasteiger partial charge in [-0.05, 0) is 30.4 Å². The first-order chi connectivity index (χ1) is 9.75. The minimum atomic E-state index is -0.973. The molecule has 20 heavy (non-hydrogen) atoms. The molecule has 0 atom stereocenters. The molecule has 0 bridgehead atoms. The summed E-state index contributed by atoms with van der Waals surface area (Å²) in [5, 5.41) is 15.7. The molecule has 1 fully saturated rings. The predicted molar refractivity (Wildman–Crippen MR) is 76.8 cm³/mol. The Morgan fingerprint density at radius 3 is 2.65 bits per heavy atom. The van der Waals surface area contributed by atoms with Crippen LogP contribution < -0.4 is 0 Å². The normalized spacial score (nSPS) is 16.2. The van der Waals surface area contributed by atoms with Crippen LogP contribution in [0.5, 0.6) is 0 Å². The molecule has 4 nitrogen and oxygen atoms in total. The molecule has 3 rings (SSSR count). The van der Waals surface area contributed by atoms with Crippen molar-refractivity contribution in [1.29, 1.82) is 0 Å². The van der Waals surface area contributed by atoms with Crippen LogP contribution in [0, 0.1) is 0 Å². The number of aromatic nitrogens is 2. The number of nitrogens with one attached hydrogen (secondary N) is 1. The Labute approximate surface area is 117 Å². The van der Waals surface area contributed by atoms with Gasteiger partial charge < -0.3 is 5.11 Å². The summed E-state index contributed by atoms with van der Waals surface area (Å²) < 4.78 is 0. The van der Waals surface area contributed by atoms with Crippen LogP contribution in [0.3, 0.4) is 0 Å². The van der Waals surface area contributed by atoms with Crippen molar-refractivity contribution < 1.29 is 9.90 Å². The van der Waals surface area contributed by atoms with Gasteiger partial charge in [0.15, 0.2) is 0 Å². The highest BCUT2D eigenvalue weighted by Gasteiger charge is 2.20. The second kappa shape index (κ2) is 5.49. The van der Waals surface area contributed by atoms with Gasteiger partial charge in [0.25, 0.3) is 0 Å². The van der Waals surface area contributed by atoms with E-state index in [2.05, 4.69) is 22.3 Å². The van der Waals surface area contributed by atoms with Crippen LogP contribution in [0.15, 0.2) is 30.3 Å².